The van der Waals surface area contributed by atoms with E-state index in [-0.39, 0.29) is 0 Å². The third-order valence-corrected chi connectivity index (χ3v) is 4.59. The first-order chi connectivity index (χ1) is 9.01. The molecule has 0 bridgehead atoms. The molecule has 19 heavy (non-hydrogen) atoms. The van der Waals surface area contributed by atoms with Crippen molar-refractivity contribution in [2.45, 2.75) is 59.6 Å². The summed E-state index contributed by atoms with van der Waals surface area (Å²) in [5.41, 5.74) is 9.33. The third-order valence-electron chi connectivity index (χ3n) is 4.59. The van der Waals surface area contributed by atoms with Gasteiger partial charge in [0.15, 0.2) is 0 Å². The van der Waals surface area contributed by atoms with E-state index in [4.69, 9.17) is 10.5 Å². The van der Waals surface area contributed by atoms with Crippen molar-refractivity contribution in [1.29, 1.82) is 0 Å². The molecule has 2 nitrogen and oxygen atoms in total. The maximum absolute atomic E-state index is 6.29. The van der Waals surface area contributed by atoms with Gasteiger partial charge in [0.2, 0.25) is 0 Å². The van der Waals surface area contributed by atoms with Gasteiger partial charge in [0.05, 0.1) is 6.10 Å². The summed E-state index contributed by atoms with van der Waals surface area (Å²) in [5.74, 6) is 2.67. The molecule has 106 valence electrons. The largest absolute Gasteiger partial charge is 0.490 e. The highest BCUT2D eigenvalue weighted by Gasteiger charge is 2.26. The van der Waals surface area contributed by atoms with Crippen LogP contribution in [0.5, 0.6) is 5.75 Å². The molecule has 1 aliphatic carbocycles. The summed E-state index contributed by atoms with van der Waals surface area (Å²) in [6.45, 7) is 9.54. The van der Waals surface area contributed by atoms with Gasteiger partial charge in [-0.1, -0.05) is 26.0 Å². The van der Waals surface area contributed by atoms with Crippen molar-refractivity contribution < 1.29 is 4.74 Å². The zero-order chi connectivity index (χ0) is 14.0. The van der Waals surface area contributed by atoms with Crippen LogP contribution in [0.4, 0.5) is 0 Å². The summed E-state index contributed by atoms with van der Waals surface area (Å²) in [7, 11) is 0. The first-order valence-corrected chi connectivity index (χ1v) is 7.48. The molecule has 2 N–H and O–H groups in total. The normalized spacial score (nSPS) is 27.3. The molecule has 1 saturated carbocycles. The van der Waals surface area contributed by atoms with Gasteiger partial charge in [-0.25, -0.2) is 0 Å². The van der Waals surface area contributed by atoms with Gasteiger partial charge in [-0.3, -0.25) is 0 Å². The minimum absolute atomic E-state index is 0.382. The molecule has 1 aromatic carbocycles. The Hall–Kier alpha value is -1.02. The molecule has 1 fully saturated rings. The van der Waals surface area contributed by atoms with Gasteiger partial charge in [0, 0.05) is 6.54 Å². The van der Waals surface area contributed by atoms with E-state index in [9.17, 15) is 0 Å². The van der Waals surface area contributed by atoms with Crippen LogP contribution in [0.15, 0.2) is 12.1 Å². The monoisotopic (exact) mass is 261 g/mol. The third kappa shape index (κ3) is 3.30. The summed E-state index contributed by atoms with van der Waals surface area (Å²) < 4.78 is 6.29. The summed E-state index contributed by atoms with van der Waals surface area (Å²) in [5, 5.41) is 0. The summed E-state index contributed by atoms with van der Waals surface area (Å²) >= 11 is 0. The second-order valence-electron chi connectivity index (χ2n) is 6.27. The lowest BCUT2D eigenvalue weighted by atomic mass is 9.80. The minimum Gasteiger partial charge on any atom is -0.490 e. The second kappa shape index (κ2) is 5.96. The van der Waals surface area contributed by atoms with E-state index >= 15 is 0 Å². The summed E-state index contributed by atoms with van der Waals surface area (Å²) in [4.78, 5) is 0. The van der Waals surface area contributed by atoms with Crippen molar-refractivity contribution in [2.24, 2.45) is 17.6 Å². The molecular weight excluding hydrogens is 234 g/mol. The molecule has 0 aromatic heterocycles. The predicted octanol–water partition coefficient (Wildman–Crippen LogP) is 3.97. The Morgan fingerprint density at radius 3 is 2.26 bits per heavy atom. The number of benzene rings is 1. The Morgan fingerprint density at radius 2 is 1.74 bits per heavy atom. The Kier molecular flexibility index (Phi) is 4.51. The van der Waals surface area contributed by atoms with Crippen LogP contribution in [0.2, 0.25) is 0 Å². The molecule has 1 aromatic rings. The Morgan fingerprint density at radius 1 is 1.11 bits per heavy atom. The second-order valence-corrected chi connectivity index (χ2v) is 6.27. The van der Waals surface area contributed by atoms with Gasteiger partial charge < -0.3 is 10.5 Å². The van der Waals surface area contributed by atoms with Crippen LogP contribution >= 0.6 is 0 Å². The smallest absolute Gasteiger partial charge is 0.125 e. The highest BCUT2D eigenvalue weighted by Crippen LogP contribution is 2.34. The van der Waals surface area contributed by atoms with E-state index in [1.54, 1.807) is 0 Å². The number of rotatable bonds is 3. The SMILES string of the molecule is Cc1cc(CN)cc(C)c1OC1CCC(C)C(C)C1. The average Bonchev–Trinajstić information content (AvgIpc) is 2.37. The van der Waals surface area contributed by atoms with Crippen LogP contribution in [0.1, 0.15) is 49.8 Å². The molecule has 1 aliphatic rings. The maximum atomic E-state index is 6.29. The highest BCUT2D eigenvalue weighted by atomic mass is 16.5. The van der Waals surface area contributed by atoms with E-state index < -0.39 is 0 Å². The van der Waals surface area contributed by atoms with Crippen molar-refractivity contribution in [1.82, 2.24) is 0 Å². The lowest BCUT2D eigenvalue weighted by molar-refractivity contribution is 0.0993. The van der Waals surface area contributed by atoms with Crippen LogP contribution in [-0.4, -0.2) is 6.10 Å². The average molecular weight is 261 g/mol. The number of hydrogen-bond donors (Lipinski definition) is 1. The Bertz CT molecular complexity index is 418. The molecule has 0 amide bonds. The van der Waals surface area contributed by atoms with E-state index in [1.165, 1.54) is 36.0 Å². The van der Waals surface area contributed by atoms with Gasteiger partial charge >= 0.3 is 0 Å². The van der Waals surface area contributed by atoms with Gasteiger partial charge in [-0.15, -0.1) is 0 Å². The fraction of sp³-hybridized carbons (Fsp3) is 0.647. The lowest BCUT2D eigenvalue weighted by Gasteiger charge is -2.33. The van der Waals surface area contributed by atoms with E-state index in [2.05, 4.69) is 39.8 Å². The van der Waals surface area contributed by atoms with Gasteiger partial charge in [0.1, 0.15) is 5.75 Å². The standard InChI is InChI=1S/C17H27NO/c1-11-5-6-16(9-12(11)2)19-17-13(3)7-15(10-18)8-14(17)4/h7-8,11-12,16H,5-6,9-10,18H2,1-4H3. The van der Waals surface area contributed by atoms with E-state index in [0.717, 1.165) is 17.6 Å². The number of nitrogens with two attached hydrogens (primary N) is 1. The van der Waals surface area contributed by atoms with Crippen molar-refractivity contribution in [3.63, 3.8) is 0 Å². The Balaban J connectivity index is 2.11. The van der Waals surface area contributed by atoms with Gasteiger partial charge in [-0.05, 0) is 61.6 Å². The minimum atomic E-state index is 0.382. The maximum Gasteiger partial charge on any atom is 0.125 e. The number of aryl methyl sites for hydroxylation is 2. The molecule has 0 saturated heterocycles. The molecule has 0 radical (unpaired) electrons. The molecule has 2 rings (SSSR count). The molecule has 3 atom stereocenters. The van der Waals surface area contributed by atoms with Crippen molar-refractivity contribution in [2.75, 3.05) is 0 Å². The number of ether oxygens (including phenoxy) is 1. The molecule has 2 heteroatoms. The molecule has 0 spiro atoms. The van der Waals surface area contributed by atoms with Crippen LogP contribution in [0.25, 0.3) is 0 Å². The molecule has 0 aliphatic heterocycles. The topological polar surface area (TPSA) is 35.2 Å². The van der Waals surface area contributed by atoms with Crippen LogP contribution < -0.4 is 10.5 Å². The van der Waals surface area contributed by atoms with Gasteiger partial charge in [-0.2, -0.15) is 0 Å². The first-order valence-electron chi connectivity index (χ1n) is 7.48. The van der Waals surface area contributed by atoms with Crippen LogP contribution in [0.3, 0.4) is 0 Å². The van der Waals surface area contributed by atoms with E-state index in [1.807, 2.05) is 0 Å². The number of hydrogen-bond acceptors (Lipinski definition) is 2. The predicted molar refractivity (Wildman–Crippen MR) is 80.4 cm³/mol. The van der Waals surface area contributed by atoms with Crippen molar-refractivity contribution in [3.05, 3.63) is 28.8 Å². The fourth-order valence-electron chi connectivity index (χ4n) is 3.12. The lowest BCUT2D eigenvalue weighted by Crippen LogP contribution is -2.29. The van der Waals surface area contributed by atoms with Crippen molar-refractivity contribution >= 4 is 0 Å². The molecule has 0 heterocycles. The zero-order valence-electron chi connectivity index (χ0n) is 12.7. The van der Waals surface area contributed by atoms with Crippen LogP contribution in [-0.2, 0) is 6.54 Å². The van der Waals surface area contributed by atoms with Gasteiger partial charge in [0.25, 0.3) is 0 Å². The van der Waals surface area contributed by atoms with Crippen molar-refractivity contribution in [3.8, 4) is 5.75 Å². The molecular formula is C17H27NO. The zero-order valence-corrected chi connectivity index (χ0v) is 12.7. The summed E-state index contributed by atoms with van der Waals surface area (Å²) in [6, 6.07) is 4.30. The fourth-order valence-corrected chi connectivity index (χ4v) is 3.12. The van der Waals surface area contributed by atoms with E-state index in [0.29, 0.717) is 12.6 Å². The molecule has 3 unspecified atom stereocenters. The summed E-state index contributed by atoms with van der Waals surface area (Å²) in [6.07, 6.45) is 4.03. The Labute approximate surface area is 117 Å². The first kappa shape index (κ1) is 14.4. The van der Waals surface area contributed by atoms with Crippen LogP contribution in [0, 0.1) is 25.7 Å². The highest BCUT2D eigenvalue weighted by molar-refractivity contribution is 5.43. The quantitative estimate of drug-likeness (QED) is 0.893.